The normalized spacial score (nSPS) is 14.7. The van der Waals surface area contributed by atoms with Gasteiger partial charge in [-0.15, -0.1) is 0 Å². The molecule has 0 bridgehead atoms. The average molecular weight is 259 g/mol. The van der Waals surface area contributed by atoms with Crippen LogP contribution in [-0.2, 0) is 26.2 Å². The van der Waals surface area contributed by atoms with Crippen LogP contribution in [0.15, 0.2) is 48.6 Å². The van der Waals surface area contributed by atoms with E-state index in [0.717, 1.165) is 12.8 Å². The van der Waals surface area contributed by atoms with E-state index in [0.29, 0.717) is 0 Å². The van der Waals surface area contributed by atoms with Gasteiger partial charge in [0, 0.05) is 0 Å². The Morgan fingerprint density at radius 3 is 0.917 bits per heavy atom. The zero-order chi connectivity index (χ0) is 7.07. The third-order valence-corrected chi connectivity index (χ3v) is 1.31. The number of allylic oxidation sites excluding steroid dienone is 8. The van der Waals surface area contributed by atoms with Crippen LogP contribution in [0.3, 0.4) is 0 Å². The molecule has 2 aliphatic rings. The molecule has 0 fully saturated rings. The fraction of sp³-hybridized carbons (Fsp3) is 0.200. The Labute approximate surface area is 99.7 Å². The Balaban J connectivity index is 0. The van der Waals surface area contributed by atoms with E-state index in [1.165, 1.54) is 0 Å². The van der Waals surface area contributed by atoms with Crippen molar-refractivity contribution in [2.45, 2.75) is 12.8 Å². The van der Waals surface area contributed by atoms with E-state index < -0.39 is 0 Å². The van der Waals surface area contributed by atoms with Gasteiger partial charge in [-0.25, -0.2) is 0 Å². The Morgan fingerprint density at radius 2 is 0.833 bits per heavy atom. The minimum Gasteiger partial charge on any atom is -1.00 e. The molecule has 0 spiro atoms. The summed E-state index contributed by atoms with van der Waals surface area (Å²) in [5.41, 5.74) is 0. The van der Waals surface area contributed by atoms with Crippen molar-refractivity contribution in [2.24, 2.45) is 0 Å². The summed E-state index contributed by atoms with van der Waals surface area (Å²) in [6.07, 6.45) is 19.0. The Morgan fingerprint density at radius 1 is 0.583 bits per heavy atom. The van der Waals surface area contributed by atoms with Gasteiger partial charge in [-0.2, -0.15) is 0 Å². The Hall–Kier alpha value is 0.133. The third kappa shape index (κ3) is 8.23. The summed E-state index contributed by atoms with van der Waals surface area (Å²) < 4.78 is 0. The molecule has 2 aliphatic carbocycles. The minimum atomic E-state index is 0. The maximum atomic E-state index is 2.12. The number of hydrogen-bond acceptors (Lipinski definition) is 0. The molecule has 0 unspecified atom stereocenters. The molecular weight excluding hydrogens is 247 g/mol. The quantitative estimate of drug-likeness (QED) is 0.574. The zero-order valence-electron chi connectivity index (χ0n) is 6.91. The van der Waals surface area contributed by atoms with Crippen molar-refractivity contribution in [1.29, 1.82) is 0 Å². The fourth-order valence-electron chi connectivity index (χ4n) is 0.786. The van der Waals surface area contributed by atoms with Crippen LogP contribution in [0, 0.1) is 0 Å². The van der Waals surface area contributed by atoms with E-state index in [1.807, 2.05) is 0 Å². The van der Waals surface area contributed by atoms with Crippen molar-refractivity contribution in [3.05, 3.63) is 48.6 Å². The molecular formula is C10H12ClZr+3. The number of halogens is 1. The summed E-state index contributed by atoms with van der Waals surface area (Å²) in [6, 6.07) is 0. The summed E-state index contributed by atoms with van der Waals surface area (Å²) in [5.74, 6) is 0. The predicted molar refractivity (Wildman–Crippen MR) is 45.8 cm³/mol. The maximum Gasteiger partial charge on any atom is 4.00 e. The van der Waals surface area contributed by atoms with Gasteiger partial charge in [0.15, 0.2) is 0 Å². The van der Waals surface area contributed by atoms with Crippen molar-refractivity contribution in [3.8, 4) is 0 Å². The van der Waals surface area contributed by atoms with Crippen molar-refractivity contribution in [3.63, 3.8) is 0 Å². The summed E-state index contributed by atoms with van der Waals surface area (Å²) in [4.78, 5) is 0. The molecule has 12 heavy (non-hydrogen) atoms. The van der Waals surface area contributed by atoms with Gasteiger partial charge in [0.1, 0.15) is 0 Å². The minimum absolute atomic E-state index is 0. The summed E-state index contributed by atoms with van der Waals surface area (Å²) >= 11 is 0. The molecule has 2 heteroatoms. The van der Waals surface area contributed by atoms with Crippen LogP contribution in [0.25, 0.3) is 0 Å². The standard InChI is InChI=1S/2C5H6.ClH.Zr/c2*1-2-4-5-3-1;;/h2*1-4H,5H2;1H;/q;;;+4/p-1. The first-order valence-electron chi connectivity index (χ1n) is 3.63. The molecule has 0 saturated carbocycles. The molecule has 0 aromatic heterocycles. The molecule has 2 rings (SSSR count). The molecule has 0 aromatic carbocycles. The van der Waals surface area contributed by atoms with Crippen LogP contribution in [0.4, 0.5) is 0 Å². The van der Waals surface area contributed by atoms with Gasteiger partial charge in [0.2, 0.25) is 0 Å². The van der Waals surface area contributed by atoms with Crippen LogP contribution >= 0.6 is 0 Å². The summed E-state index contributed by atoms with van der Waals surface area (Å²) in [6.45, 7) is 0. The van der Waals surface area contributed by atoms with Gasteiger partial charge in [-0.3, -0.25) is 0 Å². The number of rotatable bonds is 0. The van der Waals surface area contributed by atoms with E-state index in [1.54, 1.807) is 0 Å². The van der Waals surface area contributed by atoms with E-state index in [4.69, 9.17) is 0 Å². The van der Waals surface area contributed by atoms with Gasteiger partial charge in [0.25, 0.3) is 0 Å². The maximum absolute atomic E-state index is 2.12. The Bertz CT molecular complexity index is 148. The monoisotopic (exact) mass is 257 g/mol. The smallest absolute Gasteiger partial charge is 1.00 e. The van der Waals surface area contributed by atoms with Crippen LogP contribution in [-0.4, -0.2) is 0 Å². The molecule has 0 heterocycles. The van der Waals surface area contributed by atoms with Crippen LogP contribution < -0.4 is 12.4 Å². The van der Waals surface area contributed by atoms with E-state index in [-0.39, 0.29) is 38.6 Å². The molecule has 0 aliphatic heterocycles. The summed E-state index contributed by atoms with van der Waals surface area (Å²) in [7, 11) is 0. The van der Waals surface area contributed by atoms with Crippen LogP contribution in [0.2, 0.25) is 0 Å². The van der Waals surface area contributed by atoms with Crippen LogP contribution in [0.5, 0.6) is 0 Å². The van der Waals surface area contributed by atoms with Gasteiger partial charge < -0.3 is 12.4 Å². The second-order valence-electron chi connectivity index (χ2n) is 2.18. The van der Waals surface area contributed by atoms with Crippen LogP contribution in [0.1, 0.15) is 12.8 Å². The van der Waals surface area contributed by atoms with E-state index in [9.17, 15) is 0 Å². The summed E-state index contributed by atoms with van der Waals surface area (Å²) in [5, 5.41) is 0. The van der Waals surface area contributed by atoms with E-state index >= 15 is 0 Å². The Kier molecular flexibility index (Phi) is 13.6. The zero-order valence-corrected chi connectivity index (χ0v) is 10.1. The van der Waals surface area contributed by atoms with Crippen molar-refractivity contribution >= 4 is 0 Å². The van der Waals surface area contributed by atoms with Crippen molar-refractivity contribution in [1.82, 2.24) is 0 Å². The first-order chi connectivity index (χ1) is 5.00. The predicted octanol–water partition coefficient (Wildman–Crippen LogP) is 0.00650. The molecule has 0 atom stereocenters. The first kappa shape index (κ1) is 14.6. The van der Waals surface area contributed by atoms with E-state index in [2.05, 4.69) is 48.6 Å². The molecule has 0 saturated heterocycles. The first-order valence-corrected chi connectivity index (χ1v) is 3.63. The van der Waals surface area contributed by atoms with Gasteiger partial charge >= 0.3 is 26.2 Å². The molecule has 0 aromatic rings. The fourth-order valence-corrected chi connectivity index (χ4v) is 0.786. The topological polar surface area (TPSA) is 0 Å². The van der Waals surface area contributed by atoms with Crippen molar-refractivity contribution in [2.75, 3.05) is 0 Å². The van der Waals surface area contributed by atoms with Gasteiger partial charge in [-0.05, 0) is 12.8 Å². The molecule has 0 amide bonds. The molecule has 0 nitrogen and oxygen atoms in total. The second kappa shape index (κ2) is 11.1. The average Bonchev–Trinajstić information content (AvgIpc) is 2.67. The van der Waals surface area contributed by atoms with Gasteiger partial charge in [-0.1, -0.05) is 48.6 Å². The largest absolute Gasteiger partial charge is 4.00 e. The molecule has 0 N–H and O–H groups in total. The third-order valence-electron chi connectivity index (χ3n) is 1.31. The van der Waals surface area contributed by atoms with Gasteiger partial charge in [0.05, 0.1) is 0 Å². The second-order valence-corrected chi connectivity index (χ2v) is 2.18. The SMILES string of the molecule is C1=CCC=C1.C1=CCC=C1.[Cl-].[Zr+4]. The van der Waals surface area contributed by atoms with Crippen molar-refractivity contribution < 1.29 is 38.6 Å². The number of hydrogen-bond donors (Lipinski definition) is 0. The molecule has 0 radical (unpaired) electrons. The molecule has 60 valence electrons.